The first-order chi connectivity index (χ1) is 16.0. The van der Waals surface area contributed by atoms with Gasteiger partial charge in [-0.25, -0.2) is 0 Å². The van der Waals surface area contributed by atoms with Crippen LogP contribution in [0, 0.1) is 17.8 Å². The fraction of sp³-hybridized carbons (Fsp3) is 0.880. The van der Waals surface area contributed by atoms with E-state index >= 15 is 0 Å². The van der Waals surface area contributed by atoms with Crippen LogP contribution in [0.1, 0.15) is 58.3 Å². The minimum atomic E-state index is -0.766. The van der Waals surface area contributed by atoms with Crippen LogP contribution in [0.15, 0.2) is 12.2 Å². The fourth-order valence-corrected chi connectivity index (χ4v) is 19.1. The predicted molar refractivity (Wildman–Crippen MR) is 134 cm³/mol. The zero-order valence-electron chi connectivity index (χ0n) is 20.2. The minimum absolute atomic E-state index is 0.0195. The number of alkyl halides is 5. The number of halogens is 2. The third-order valence-electron chi connectivity index (χ3n) is 7.10. The number of fused-ring (bicyclic) bond motifs is 1. The molecule has 33 heavy (non-hydrogen) atoms. The Morgan fingerprint density at radius 2 is 2.12 bits per heavy atom. The van der Waals surface area contributed by atoms with Gasteiger partial charge in [-0.3, -0.25) is 0 Å². The van der Waals surface area contributed by atoms with Crippen molar-refractivity contribution in [1.82, 2.24) is 0 Å². The van der Waals surface area contributed by atoms with Crippen molar-refractivity contribution < 1.29 is 50.4 Å². The van der Waals surface area contributed by atoms with Gasteiger partial charge in [-0.2, -0.15) is 0 Å². The van der Waals surface area contributed by atoms with Crippen molar-refractivity contribution in [3.8, 4) is 0 Å². The number of carbonyl (C=O) groups is 1. The molecule has 0 radical (unpaired) electrons. The monoisotopic (exact) mass is 693 g/mol. The number of aliphatic hydroxyl groups is 2. The van der Waals surface area contributed by atoms with Crippen LogP contribution in [0.25, 0.3) is 0 Å². The van der Waals surface area contributed by atoms with Gasteiger partial charge in [-0.15, -0.1) is 0 Å². The third kappa shape index (κ3) is 8.84. The number of carbonyl (C=O) groups excluding carboxylic acids is 1. The van der Waals surface area contributed by atoms with Gasteiger partial charge in [0, 0.05) is 0 Å². The number of esters is 1. The molecule has 6 nitrogen and oxygen atoms in total. The summed E-state index contributed by atoms with van der Waals surface area (Å²) < 4.78 is 21.5. The van der Waals surface area contributed by atoms with E-state index in [1.165, 1.54) is 11.5 Å². The van der Waals surface area contributed by atoms with E-state index in [0.29, 0.717) is 46.1 Å². The molecule has 7 atom stereocenters. The Kier molecular flexibility index (Phi) is 12.7. The zero-order chi connectivity index (χ0) is 23.6. The van der Waals surface area contributed by atoms with Crippen molar-refractivity contribution in [2.45, 2.75) is 82.7 Å². The van der Waals surface area contributed by atoms with E-state index in [0.717, 1.165) is 44.9 Å². The first-order valence-electron chi connectivity index (χ1n) is 12.5. The number of methoxy groups -OCH3 is 1. The van der Waals surface area contributed by atoms with Crippen molar-refractivity contribution in [2.24, 2.45) is 17.8 Å². The summed E-state index contributed by atoms with van der Waals surface area (Å²) in [4.78, 5) is 11.5. The van der Waals surface area contributed by atoms with Crippen LogP contribution in [0.3, 0.4) is 0 Å². The van der Waals surface area contributed by atoms with Crippen molar-refractivity contribution in [1.29, 1.82) is 0 Å². The summed E-state index contributed by atoms with van der Waals surface area (Å²) in [6.45, 7) is 2.60. The molecule has 1 saturated carbocycles. The van der Waals surface area contributed by atoms with E-state index in [9.17, 15) is 15.0 Å². The molecule has 0 aromatic heterocycles. The molecule has 0 amide bonds. The first kappa shape index (κ1) is 28.1. The quantitative estimate of drug-likeness (QED) is 0.109. The van der Waals surface area contributed by atoms with Crippen LogP contribution in [0.4, 0.5) is 0 Å². The molecule has 3 fully saturated rings. The van der Waals surface area contributed by atoms with Crippen LogP contribution in [0.5, 0.6) is 0 Å². The SMILES string of the molecule is CCCCC[C@H](O)/C=C/C1C2[C@H](CI3C[I-]C3)CCCC(OCC(=O)OC)CO[C@H]2C[C@H]1O. The third-order valence-corrected chi connectivity index (χ3v) is 28.3. The number of hydrogen-bond donors (Lipinski definition) is 2. The molecule has 0 bridgehead atoms. The number of aliphatic hydroxyl groups excluding tert-OH is 2. The maximum atomic E-state index is 11.5. The molecule has 1 aliphatic carbocycles. The van der Waals surface area contributed by atoms with Gasteiger partial charge >= 0.3 is 218 Å². The summed E-state index contributed by atoms with van der Waals surface area (Å²) in [5, 5.41) is 21.4. The normalized spacial score (nSPS) is 35.0. The Labute approximate surface area is 217 Å². The van der Waals surface area contributed by atoms with Crippen molar-refractivity contribution in [3.05, 3.63) is 12.2 Å². The van der Waals surface area contributed by atoms with Gasteiger partial charge in [0.2, 0.25) is 0 Å². The molecular weight excluding hydrogens is 650 g/mol. The number of hydrogen-bond acceptors (Lipinski definition) is 6. The predicted octanol–water partition coefficient (Wildman–Crippen LogP) is 0.748. The van der Waals surface area contributed by atoms with E-state index in [-0.39, 0.29) is 30.7 Å². The molecule has 3 unspecified atom stereocenters. The van der Waals surface area contributed by atoms with Crippen LogP contribution in [-0.4, -0.2) is 70.2 Å². The van der Waals surface area contributed by atoms with Crippen LogP contribution in [0.2, 0.25) is 0 Å². The summed E-state index contributed by atoms with van der Waals surface area (Å²) >= 11 is -0.263. The van der Waals surface area contributed by atoms with E-state index in [1.54, 1.807) is 4.87 Å². The van der Waals surface area contributed by atoms with Gasteiger partial charge in [0.25, 0.3) is 0 Å². The van der Waals surface area contributed by atoms with E-state index in [2.05, 4.69) is 13.0 Å². The van der Waals surface area contributed by atoms with Crippen molar-refractivity contribution >= 4 is 25.8 Å². The summed E-state index contributed by atoms with van der Waals surface area (Å²) in [5.41, 5.74) is 0. The molecule has 2 N–H and O–H groups in total. The second-order valence-corrected chi connectivity index (χ2v) is 23.7. The number of ether oxygens (including phenoxy) is 3. The molecule has 0 aromatic rings. The van der Waals surface area contributed by atoms with Crippen molar-refractivity contribution in [3.63, 3.8) is 0 Å². The second kappa shape index (κ2) is 14.9. The van der Waals surface area contributed by atoms with Gasteiger partial charge in [-0.05, 0) is 0 Å². The molecule has 3 rings (SSSR count). The molecule has 2 heterocycles. The molecule has 0 aromatic carbocycles. The molecule has 3 aliphatic rings. The second-order valence-electron chi connectivity index (χ2n) is 9.59. The van der Waals surface area contributed by atoms with Crippen molar-refractivity contribution in [2.75, 3.05) is 29.6 Å². The van der Waals surface area contributed by atoms with Crippen LogP contribution >= 0.6 is 19.8 Å². The average Bonchev–Trinajstić information content (AvgIpc) is 3.12. The molecule has 0 spiro atoms. The molecule has 8 heteroatoms. The number of unbranched alkanes of at least 4 members (excludes halogenated alkanes) is 2. The molecular formula is C25H43I2O6-. The van der Waals surface area contributed by atoms with Gasteiger partial charge in [0.15, 0.2) is 0 Å². The fourth-order valence-electron chi connectivity index (χ4n) is 5.27. The molecule has 194 valence electrons. The number of rotatable bonds is 11. The van der Waals surface area contributed by atoms with Crippen LogP contribution < -0.4 is 21.2 Å². The summed E-state index contributed by atoms with van der Waals surface area (Å²) in [6, 6.07) is 0. The topological polar surface area (TPSA) is 85.2 Å². The van der Waals surface area contributed by atoms with E-state index in [4.69, 9.17) is 14.2 Å². The Balaban J connectivity index is 1.68. The Bertz CT molecular complexity index is 614. The summed E-state index contributed by atoms with van der Waals surface area (Å²) in [5.74, 6) is 0.604. The van der Waals surface area contributed by atoms with Gasteiger partial charge in [-0.1, -0.05) is 0 Å². The molecule has 2 saturated heterocycles. The summed E-state index contributed by atoms with van der Waals surface area (Å²) in [6.07, 6.45) is 11.0. The molecule has 2 aliphatic heterocycles. The Morgan fingerprint density at radius 3 is 2.82 bits per heavy atom. The van der Waals surface area contributed by atoms with Crippen LogP contribution in [-0.2, 0) is 19.0 Å². The Hall–Kier alpha value is 0.510. The first-order valence-corrected chi connectivity index (χ1v) is 20.1. The van der Waals surface area contributed by atoms with Gasteiger partial charge in [0.05, 0.1) is 0 Å². The summed E-state index contributed by atoms with van der Waals surface area (Å²) in [7, 11) is 1.38. The van der Waals surface area contributed by atoms with Gasteiger partial charge in [0.1, 0.15) is 0 Å². The van der Waals surface area contributed by atoms with E-state index < -0.39 is 32.0 Å². The zero-order valence-corrected chi connectivity index (χ0v) is 24.5. The maximum absolute atomic E-state index is 11.5. The average molecular weight is 693 g/mol. The van der Waals surface area contributed by atoms with Gasteiger partial charge < -0.3 is 0 Å². The Morgan fingerprint density at radius 1 is 1.30 bits per heavy atom. The standard InChI is InChI=1S/C25H43I2O6/c1-3-4-5-8-19(28)10-11-21-22(29)12-23-25(21)18(13-27-16-26-17-27)7-6-9-20(14-33-23)32-15-24(30)31-2/h10-11,18-23,25,28-29H,3-9,12-17H2,1-2H3/q-1/b11-10+/t18-,19-,20?,21?,22+,23-,25?/m0/s1. The van der Waals surface area contributed by atoms with E-state index in [1.807, 2.05) is 6.08 Å².